The van der Waals surface area contributed by atoms with Gasteiger partial charge >= 0.3 is 0 Å². The zero-order valence-corrected chi connectivity index (χ0v) is 13.0. The topological polar surface area (TPSA) is 67.9 Å². The van der Waals surface area contributed by atoms with Gasteiger partial charge in [-0.05, 0) is 24.1 Å². The van der Waals surface area contributed by atoms with Gasteiger partial charge in [0.25, 0.3) is 5.24 Å². The Bertz CT molecular complexity index is 579. The lowest BCUT2D eigenvalue weighted by Gasteiger charge is -2.19. The molecule has 0 bridgehead atoms. The smallest absolute Gasteiger partial charge is 0.282 e. The SMILES string of the molecule is O=C(CN1CCSC1=O)NCCc1ccc2c(c1)OCCO2. The molecule has 6 nitrogen and oxygen atoms in total. The van der Waals surface area contributed by atoms with Crippen LogP contribution in [0.1, 0.15) is 5.56 Å². The van der Waals surface area contributed by atoms with Crippen molar-refractivity contribution in [3.05, 3.63) is 23.8 Å². The predicted octanol–water partition coefficient (Wildman–Crippen LogP) is 1.29. The van der Waals surface area contributed by atoms with E-state index in [9.17, 15) is 9.59 Å². The van der Waals surface area contributed by atoms with Crippen LogP contribution < -0.4 is 14.8 Å². The maximum atomic E-state index is 11.8. The first kappa shape index (κ1) is 15.0. The number of hydrogen-bond acceptors (Lipinski definition) is 5. The van der Waals surface area contributed by atoms with Crippen molar-refractivity contribution in [2.24, 2.45) is 0 Å². The van der Waals surface area contributed by atoms with Crippen LogP contribution in [-0.2, 0) is 11.2 Å². The van der Waals surface area contributed by atoms with Crippen molar-refractivity contribution in [2.45, 2.75) is 6.42 Å². The molecule has 118 valence electrons. The predicted molar refractivity (Wildman–Crippen MR) is 83.6 cm³/mol. The second-order valence-corrected chi connectivity index (χ2v) is 6.16. The molecule has 2 amide bonds. The lowest BCUT2D eigenvalue weighted by Crippen LogP contribution is -2.38. The lowest BCUT2D eigenvalue weighted by atomic mass is 10.1. The Balaban J connectivity index is 1.44. The average molecular weight is 322 g/mol. The molecule has 0 atom stereocenters. The second-order valence-electron chi connectivity index (χ2n) is 5.11. The molecule has 2 aliphatic rings. The van der Waals surface area contributed by atoms with Crippen molar-refractivity contribution in [1.29, 1.82) is 0 Å². The molecule has 1 aromatic carbocycles. The Morgan fingerprint density at radius 2 is 2.09 bits per heavy atom. The summed E-state index contributed by atoms with van der Waals surface area (Å²) in [5, 5.41) is 2.83. The van der Waals surface area contributed by atoms with Gasteiger partial charge in [0.15, 0.2) is 11.5 Å². The van der Waals surface area contributed by atoms with Crippen molar-refractivity contribution in [1.82, 2.24) is 10.2 Å². The van der Waals surface area contributed by atoms with E-state index in [2.05, 4.69) is 5.32 Å². The van der Waals surface area contributed by atoms with Gasteiger partial charge < -0.3 is 19.7 Å². The summed E-state index contributed by atoms with van der Waals surface area (Å²) in [4.78, 5) is 24.8. The molecular weight excluding hydrogens is 304 g/mol. The van der Waals surface area contributed by atoms with E-state index < -0.39 is 0 Å². The highest BCUT2D eigenvalue weighted by molar-refractivity contribution is 8.13. The van der Waals surface area contributed by atoms with Crippen LogP contribution in [0.3, 0.4) is 0 Å². The first-order valence-electron chi connectivity index (χ1n) is 7.29. The largest absolute Gasteiger partial charge is 0.486 e. The van der Waals surface area contributed by atoms with Crippen LogP contribution in [0.5, 0.6) is 11.5 Å². The van der Waals surface area contributed by atoms with Gasteiger partial charge in [0.05, 0.1) is 0 Å². The molecule has 2 aliphatic heterocycles. The molecule has 7 heteroatoms. The Kier molecular flexibility index (Phi) is 4.72. The van der Waals surface area contributed by atoms with Crippen molar-refractivity contribution in [3.8, 4) is 11.5 Å². The molecule has 0 unspecified atom stereocenters. The van der Waals surface area contributed by atoms with Crippen LogP contribution >= 0.6 is 11.8 Å². The van der Waals surface area contributed by atoms with Crippen LogP contribution in [0.15, 0.2) is 18.2 Å². The third-order valence-corrected chi connectivity index (χ3v) is 4.41. The van der Waals surface area contributed by atoms with Crippen LogP contribution in [0.4, 0.5) is 4.79 Å². The first-order valence-corrected chi connectivity index (χ1v) is 8.28. The van der Waals surface area contributed by atoms with Crippen LogP contribution in [0.2, 0.25) is 0 Å². The molecule has 0 aliphatic carbocycles. The molecule has 0 aromatic heterocycles. The van der Waals surface area contributed by atoms with Gasteiger partial charge in [0.1, 0.15) is 19.8 Å². The van der Waals surface area contributed by atoms with E-state index in [0.717, 1.165) is 22.8 Å². The average Bonchev–Trinajstić information content (AvgIpc) is 2.92. The van der Waals surface area contributed by atoms with Crippen LogP contribution in [0.25, 0.3) is 0 Å². The number of hydrogen-bond donors (Lipinski definition) is 1. The van der Waals surface area contributed by atoms with Crippen LogP contribution in [-0.4, -0.2) is 54.6 Å². The van der Waals surface area contributed by atoms with E-state index >= 15 is 0 Å². The molecule has 1 fully saturated rings. The van der Waals surface area contributed by atoms with E-state index in [1.807, 2.05) is 18.2 Å². The molecular formula is C15H18N2O4S. The van der Waals surface area contributed by atoms with Crippen molar-refractivity contribution >= 4 is 22.9 Å². The minimum absolute atomic E-state index is 0.0120. The minimum atomic E-state index is -0.117. The number of fused-ring (bicyclic) bond motifs is 1. The number of carbonyl (C=O) groups excluding carboxylic acids is 2. The molecule has 0 saturated carbocycles. The van der Waals surface area contributed by atoms with Crippen LogP contribution in [0, 0.1) is 0 Å². The number of carbonyl (C=O) groups is 2. The van der Waals surface area contributed by atoms with Gasteiger partial charge in [0, 0.05) is 18.8 Å². The van der Waals surface area contributed by atoms with E-state index in [1.54, 1.807) is 4.90 Å². The number of amides is 2. The van der Waals surface area contributed by atoms with E-state index in [0.29, 0.717) is 32.7 Å². The van der Waals surface area contributed by atoms with Gasteiger partial charge in [-0.25, -0.2) is 0 Å². The Labute approximate surface area is 133 Å². The van der Waals surface area contributed by atoms with Gasteiger partial charge in [-0.1, -0.05) is 17.8 Å². The van der Waals surface area contributed by atoms with Gasteiger partial charge in [0.2, 0.25) is 5.91 Å². The summed E-state index contributed by atoms with van der Waals surface area (Å²) in [5.74, 6) is 2.18. The summed E-state index contributed by atoms with van der Waals surface area (Å²) in [6.45, 7) is 2.48. The number of thioether (sulfide) groups is 1. The monoisotopic (exact) mass is 322 g/mol. The lowest BCUT2D eigenvalue weighted by molar-refractivity contribution is -0.121. The maximum absolute atomic E-state index is 11.8. The molecule has 0 radical (unpaired) electrons. The van der Waals surface area contributed by atoms with Crippen molar-refractivity contribution in [2.75, 3.05) is 38.6 Å². The summed E-state index contributed by atoms with van der Waals surface area (Å²) in [5.41, 5.74) is 1.08. The fourth-order valence-electron chi connectivity index (χ4n) is 2.39. The molecule has 22 heavy (non-hydrogen) atoms. The van der Waals surface area contributed by atoms with E-state index in [-0.39, 0.29) is 17.7 Å². The molecule has 2 heterocycles. The number of nitrogens with zero attached hydrogens (tertiary/aromatic N) is 1. The first-order chi connectivity index (χ1) is 10.7. The summed E-state index contributed by atoms with van der Waals surface area (Å²) in [7, 11) is 0. The summed E-state index contributed by atoms with van der Waals surface area (Å²) in [6, 6.07) is 5.81. The summed E-state index contributed by atoms with van der Waals surface area (Å²) in [6.07, 6.45) is 0.713. The van der Waals surface area contributed by atoms with Crippen molar-refractivity contribution in [3.63, 3.8) is 0 Å². The number of benzene rings is 1. The second kappa shape index (κ2) is 6.91. The zero-order chi connectivity index (χ0) is 15.4. The third-order valence-electron chi connectivity index (χ3n) is 3.52. The molecule has 1 aromatic rings. The number of nitrogens with one attached hydrogen (secondary N) is 1. The highest BCUT2D eigenvalue weighted by atomic mass is 32.2. The summed E-state index contributed by atoms with van der Waals surface area (Å²) < 4.78 is 11.0. The standard InChI is InChI=1S/C15H18N2O4S/c18-14(10-17-5-8-22-15(17)19)16-4-3-11-1-2-12-13(9-11)21-7-6-20-12/h1-2,9H,3-8,10H2,(H,16,18). The quantitative estimate of drug-likeness (QED) is 0.885. The van der Waals surface area contributed by atoms with Gasteiger partial charge in [-0.2, -0.15) is 0 Å². The highest BCUT2D eigenvalue weighted by Crippen LogP contribution is 2.30. The maximum Gasteiger partial charge on any atom is 0.282 e. The zero-order valence-electron chi connectivity index (χ0n) is 12.2. The third kappa shape index (κ3) is 3.65. The fourth-order valence-corrected chi connectivity index (χ4v) is 3.21. The number of rotatable bonds is 5. The Hall–Kier alpha value is -1.89. The van der Waals surface area contributed by atoms with E-state index in [1.165, 1.54) is 11.8 Å². The van der Waals surface area contributed by atoms with E-state index in [4.69, 9.17) is 9.47 Å². The number of ether oxygens (including phenoxy) is 2. The summed E-state index contributed by atoms with van der Waals surface area (Å²) >= 11 is 1.26. The molecule has 0 spiro atoms. The normalized spacial score (nSPS) is 16.7. The van der Waals surface area contributed by atoms with Gasteiger partial charge in [-0.3, -0.25) is 9.59 Å². The minimum Gasteiger partial charge on any atom is -0.486 e. The molecule has 1 saturated heterocycles. The highest BCUT2D eigenvalue weighted by Gasteiger charge is 2.22. The Morgan fingerprint density at radius 1 is 1.27 bits per heavy atom. The van der Waals surface area contributed by atoms with Gasteiger partial charge in [-0.15, -0.1) is 0 Å². The fraction of sp³-hybridized carbons (Fsp3) is 0.467. The Morgan fingerprint density at radius 3 is 2.86 bits per heavy atom. The molecule has 1 N–H and O–H groups in total. The molecule has 3 rings (SSSR count). The van der Waals surface area contributed by atoms with Crippen molar-refractivity contribution < 1.29 is 19.1 Å².